The number of likely N-dealkylation sites (tertiary alicyclic amines) is 2. The van der Waals surface area contributed by atoms with Crippen molar-refractivity contribution in [3.8, 4) is 21.9 Å². The highest BCUT2D eigenvalue weighted by atomic mass is 35.5. The van der Waals surface area contributed by atoms with Crippen LogP contribution in [0.2, 0.25) is 5.02 Å². The predicted molar refractivity (Wildman–Crippen MR) is 414 cm³/mol. The lowest BCUT2D eigenvalue weighted by molar-refractivity contribution is -0.142. The SMILES string of the molecule is Cc1ncsc1-c1ccc(CNC(O)C2CCCN2C(=O)[C@@H](NC(=O)CCC(=O)NCCOCCOCCNC(=O)N2CCC(CNC3=CC=C(S(=O)NC(=O)c4ccc(N5CCN(CC6=C(c7ccc(Cl)cc7)CC(C)(C)CC6)CC5)cc4Oc4cnc5[nH]ccc5c4)CC3N=O)CC2)C(C)(C)C)cc1. The van der Waals surface area contributed by atoms with Crippen molar-refractivity contribution >= 4 is 85.9 Å². The molecule has 5 aliphatic rings. The summed E-state index contributed by atoms with van der Waals surface area (Å²) in [5.74, 6) is -0.715. The molecule has 0 bridgehead atoms. The van der Waals surface area contributed by atoms with Crippen LogP contribution in [0, 0.1) is 28.6 Å². The van der Waals surface area contributed by atoms with Crippen molar-refractivity contribution in [1.29, 1.82) is 0 Å². The number of benzene rings is 3. The van der Waals surface area contributed by atoms with Crippen LogP contribution in [0.1, 0.15) is 126 Å². The highest BCUT2D eigenvalue weighted by Gasteiger charge is 2.42. The van der Waals surface area contributed by atoms with Gasteiger partial charge in [-0.1, -0.05) is 93.4 Å². The molecule has 0 radical (unpaired) electrons. The van der Waals surface area contributed by atoms with Crippen molar-refractivity contribution in [3.63, 3.8) is 0 Å². The van der Waals surface area contributed by atoms with Crippen LogP contribution in [0.25, 0.3) is 27.0 Å². The zero-order chi connectivity index (χ0) is 74.9. The second kappa shape index (κ2) is 36.9. The smallest absolute Gasteiger partial charge is 0.317 e. The molecule has 28 heteroatoms. The van der Waals surface area contributed by atoms with E-state index in [0.717, 1.165) is 109 Å². The van der Waals surface area contributed by atoms with E-state index in [1.54, 1.807) is 51.7 Å². The molecule has 0 spiro atoms. The number of pyridine rings is 1. The number of thiazole rings is 1. The Hall–Kier alpha value is -8.41. The Morgan fingerprint density at radius 1 is 0.849 bits per heavy atom. The number of hydrogen-bond acceptors (Lipinski definition) is 19. The lowest BCUT2D eigenvalue weighted by atomic mass is 9.72. The van der Waals surface area contributed by atoms with E-state index in [1.165, 1.54) is 16.7 Å². The van der Waals surface area contributed by atoms with Gasteiger partial charge >= 0.3 is 6.03 Å². The van der Waals surface area contributed by atoms with Crippen LogP contribution in [-0.4, -0.2) is 191 Å². The number of allylic oxidation sites excluding steroid dienone is 3. The Balaban J connectivity index is 0.552. The first-order valence-electron chi connectivity index (χ1n) is 36.9. The molecule has 3 aromatic heterocycles. The number of urea groups is 1. The average Bonchev–Trinajstić information content (AvgIpc) is 0.939. The molecule has 8 N–H and O–H groups in total. The van der Waals surface area contributed by atoms with E-state index in [9.17, 15) is 38.2 Å². The molecule has 3 fully saturated rings. The van der Waals surface area contributed by atoms with Gasteiger partial charge < -0.3 is 60.3 Å². The van der Waals surface area contributed by atoms with Gasteiger partial charge in [-0.2, -0.15) is 4.91 Å². The first kappa shape index (κ1) is 78.7. The van der Waals surface area contributed by atoms with E-state index in [4.69, 9.17) is 25.8 Å². The number of carbonyl (C=O) groups is 5. The number of halogens is 1. The van der Waals surface area contributed by atoms with Gasteiger partial charge in [0.1, 0.15) is 46.4 Å². The van der Waals surface area contributed by atoms with Gasteiger partial charge in [0.05, 0.1) is 60.3 Å². The van der Waals surface area contributed by atoms with Crippen molar-refractivity contribution in [1.82, 2.24) is 61.0 Å². The van der Waals surface area contributed by atoms with Gasteiger partial charge in [0.15, 0.2) is 0 Å². The standard InChI is InChI=1S/C78H101ClN14O11S2/c1-51-70(105-50-86-51)55-11-9-52(10-12-55)47-85-74(97)66-8-7-31-93(66)75(98)71(77(2,3)4)87-69(95)22-21-68(94)80-29-38-102-40-41-103-39-30-82-76(99)92-32-25-53(26-33-92)46-83-64-20-18-61(44-65(64)88-100)106(101)89-73(96)62-19-17-59(43-67(62)104-60-42-56-24-28-81-72(56)84-48-60)91-36-34-90(35-37-91)49-57-23-27-78(5,6)45-63(57)54-13-15-58(79)16-14-54/h9-20,24,28,42-43,48,50,53,65-66,71,74,83,85,97H,7-8,21-23,25-27,29-41,44-47,49H2,1-6H3,(H,80,94)(H,81,84)(H,82,99)(H,87,95)(H,89,96)/t65?,66?,71-,74?,106?/m1/s1. The van der Waals surface area contributed by atoms with E-state index in [0.29, 0.717) is 67.7 Å². The summed E-state index contributed by atoms with van der Waals surface area (Å²) in [7, 11) is -2.01. The third-order valence-electron chi connectivity index (χ3n) is 20.5. The molecule has 6 aromatic rings. The second-order valence-corrected chi connectivity index (χ2v) is 32.4. The molecule has 3 aliphatic heterocycles. The molecule has 5 atom stereocenters. The summed E-state index contributed by atoms with van der Waals surface area (Å²) in [5, 5.41) is 31.4. The molecule has 6 amide bonds. The lowest BCUT2D eigenvalue weighted by Gasteiger charge is -2.39. The van der Waals surface area contributed by atoms with E-state index < -0.39 is 52.6 Å². The number of aliphatic hydroxyl groups is 1. The van der Waals surface area contributed by atoms with E-state index in [2.05, 4.69) is 87.2 Å². The number of nitroso groups, excluding NO2 is 1. The van der Waals surface area contributed by atoms with Crippen molar-refractivity contribution in [3.05, 3.63) is 157 Å². The minimum absolute atomic E-state index is 0.0387. The number of amides is 6. The van der Waals surface area contributed by atoms with Gasteiger partial charge in [0.2, 0.25) is 17.7 Å². The summed E-state index contributed by atoms with van der Waals surface area (Å²) < 4.78 is 34.4. The number of rotatable bonds is 32. The highest BCUT2D eigenvalue weighted by molar-refractivity contribution is 7.87. The quantitative estimate of drug-likeness (QED) is 0.0111. The molecule has 568 valence electrons. The fourth-order valence-electron chi connectivity index (χ4n) is 14.3. The number of fused-ring (bicyclic) bond motifs is 1. The molecule has 6 heterocycles. The molecule has 0 saturated carbocycles. The number of nitrogens with zero attached hydrogens (tertiary/aromatic N) is 7. The Bertz CT molecular complexity index is 4160. The fourth-order valence-corrected chi connectivity index (χ4v) is 16.1. The van der Waals surface area contributed by atoms with Gasteiger partial charge in [-0.05, 0) is 139 Å². The van der Waals surface area contributed by atoms with Gasteiger partial charge in [0.25, 0.3) is 5.91 Å². The first-order chi connectivity index (χ1) is 51.0. The van der Waals surface area contributed by atoms with Crippen LogP contribution in [0.15, 0.2) is 130 Å². The van der Waals surface area contributed by atoms with Crippen LogP contribution < -0.4 is 40.9 Å². The predicted octanol–water partition coefficient (Wildman–Crippen LogP) is 10.5. The number of hydrogen-bond donors (Lipinski definition) is 8. The zero-order valence-corrected chi connectivity index (χ0v) is 63.9. The van der Waals surface area contributed by atoms with Crippen LogP contribution in [0.4, 0.5) is 10.5 Å². The van der Waals surface area contributed by atoms with Crippen molar-refractivity contribution in [2.75, 3.05) is 103 Å². The van der Waals surface area contributed by atoms with Crippen LogP contribution in [-0.2, 0) is 41.4 Å². The number of aromatic nitrogens is 3. The minimum Gasteiger partial charge on any atom is -0.455 e. The van der Waals surface area contributed by atoms with Gasteiger partial charge in [-0.3, -0.25) is 34.1 Å². The highest BCUT2D eigenvalue weighted by Crippen LogP contribution is 2.44. The Morgan fingerprint density at radius 3 is 2.29 bits per heavy atom. The summed E-state index contributed by atoms with van der Waals surface area (Å²) in [5.41, 5.74) is 11.0. The number of H-pyrrole nitrogens is 1. The summed E-state index contributed by atoms with van der Waals surface area (Å²) >= 11 is 7.88. The van der Waals surface area contributed by atoms with Gasteiger partial charge in [-0.25, -0.2) is 19.0 Å². The molecule has 11 rings (SSSR count). The number of carbonyl (C=O) groups excluding carboxylic acids is 5. The molecular weight excluding hydrogens is 1410 g/mol. The molecule has 3 aromatic carbocycles. The Kier molecular flexibility index (Phi) is 27.4. The zero-order valence-electron chi connectivity index (χ0n) is 61.5. The Morgan fingerprint density at radius 2 is 1.58 bits per heavy atom. The summed E-state index contributed by atoms with van der Waals surface area (Å²) in [6, 6.07) is 23.1. The number of piperazine rings is 1. The third-order valence-corrected chi connectivity index (χ3v) is 22.9. The average molecular weight is 1510 g/mol. The van der Waals surface area contributed by atoms with Crippen LogP contribution in [0.3, 0.4) is 0 Å². The number of aliphatic hydroxyl groups excluding tert-OH is 1. The fraction of sp³-hybridized carbons (Fsp3) is 0.500. The maximum absolute atomic E-state index is 14.2. The Labute approximate surface area is 632 Å². The van der Waals surface area contributed by atoms with Crippen molar-refractivity contribution in [2.45, 2.75) is 137 Å². The van der Waals surface area contributed by atoms with Gasteiger partial charge in [0, 0.05) is 137 Å². The van der Waals surface area contributed by atoms with Gasteiger partial charge in [-0.15, -0.1) is 11.3 Å². The number of nitrogens with one attached hydrogen (secondary N) is 7. The third kappa shape index (κ3) is 21.5. The first-order valence-corrected chi connectivity index (χ1v) is 39.3. The lowest BCUT2D eigenvalue weighted by Crippen LogP contribution is -2.58. The molecule has 3 saturated heterocycles. The summed E-state index contributed by atoms with van der Waals surface area (Å²) in [6.07, 6.45) is 11.6. The number of piperidine rings is 1. The maximum Gasteiger partial charge on any atom is 0.317 e. The molecule has 4 unspecified atom stereocenters. The molecule has 2 aliphatic carbocycles. The van der Waals surface area contributed by atoms with Crippen molar-refractivity contribution < 1.29 is 47.5 Å². The van der Waals surface area contributed by atoms with Crippen molar-refractivity contribution in [2.24, 2.45) is 21.9 Å². The van der Waals surface area contributed by atoms with Crippen LogP contribution in [0.5, 0.6) is 11.5 Å². The van der Waals surface area contributed by atoms with E-state index in [1.807, 2.05) is 93.9 Å². The molecule has 106 heavy (non-hydrogen) atoms. The monoisotopic (exact) mass is 1510 g/mol. The number of aryl methyl sites for hydroxylation is 1. The molecule has 25 nitrogen and oxygen atoms in total. The summed E-state index contributed by atoms with van der Waals surface area (Å²) in [6.45, 7) is 20.5. The maximum atomic E-state index is 14.2. The number of anilines is 1. The molecular formula is C78H101ClN14O11S2. The van der Waals surface area contributed by atoms with Crippen LogP contribution >= 0.6 is 22.9 Å². The van der Waals surface area contributed by atoms with E-state index in [-0.39, 0.29) is 92.7 Å². The topological polar surface area (TPSA) is 306 Å². The van der Waals surface area contributed by atoms with E-state index >= 15 is 0 Å². The number of ether oxygens (including phenoxy) is 3. The minimum atomic E-state index is -2.01. The second-order valence-electron chi connectivity index (χ2n) is 29.9. The summed E-state index contributed by atoms with van der Waals surface area (Å²) in [4.78, 5) is 101. The normalized spacial score (nSPS) is 18.9. The largest absolute Gasteiger partial charge is 0.455 e. The number of aromatic amines is 1.